The number of carbonyl (C=O) groups is 3. The van der Waals surface area contributed by atoms with Crippen molar-refractivity contribution >= 4 is 17.7 Å². The van der Waals surface area contributed by atoms with E-state index >= 15 is 0 Å². The van der Waals surface area contributed by atoms with Crippen LogP contribution < -0.4 is 5.73 Å². The predicted molar refractivity (Wildman–Crippen MR) is 138 cm³/mol. The third kappa shape index (κ3) is 7.14. The Balaban J connectivity index is 0.00000222. The Morgan fingerprint density at radius 3 is 2.47 bits per heavy atom. The molecule has 36 heavy (non-hydrogen) atoms. The number of esters is 1. The van der Waals surface area contributed by atoms with Gasteiger partial charge in [0.05, 0.1) is 0 Å². The van der Waals surface area contributed by atoms with Crippen LogP contribution in [0.3, 0.4) is 0 Å². The summed E-state index contributed by atoms with van der Waals surface area (Å²) in [6.07, 6.45) is 3.20. The van der Waals surface area contributed by atoms with Crippen molar-refractivity contribution in [2.45, 2.75) is 104 Å². The second-order valence-electron chi connectivity index (χ2n) is 9.67. The number of hydrogen-bond acceptors (Lipinski definition) is 7. The highest BCUT2D eigenvalue weighted by Crippen LogP contribution is 2.33. The molecule has 3 rings (SSSR count). The molecule has 6 atom stereocenters. The molecular formula is C28H44N2O6. The molecule has 8 nitrogen and oxygen atoms in total. The lowest BCUT2D eigenvalue weighted by Gasteiger charge is -2.41. The number of rotatable bonds is 8. The van der Waals surface area contributed by atoms with Crippen molar-refractivity contribution in [1.82, 2.24) is 4.90 Å². The maximum atomic E-state index is 13.2. The van der Waals surface area contributed by atoms with Gasteiger partial charge in [0, 0.05) is 12.5 Å². The van der Waals surface area contributed by atoms with Gasteiger partial charge in [0.1, 0.15) is 18.4 Å². The van der Waals surface area contributed by atoms with Crippen molar-refractivity contribution in [3.8, 4) is 0 Å². The van der Waals surface area contributed by atoms with E-state index < -0.39 is 41.6 Å². The summed E-state index contributed by atoms with van der Waals surface area (Å²) in [5.74, 6) is -5.24. The quantitative estimate of drug-likeness (QED) is 0.410. The normalized spacial score (nSPS) is 27.8. The van der Waals surface area contributed by atoms with Gasteiger partial charge in [-0.25, -0.2) is 4.79 Å². The van der Waals surface area contributed by atoms with Crippen molar-refractivity contribution in [2.75, 3.05) is 6.54 Å². The number of piperidine rings is 1. The van der Waals surface area contributed by atoms with E-state index in [-0.39, 0.29) is 18.6 Å². The average molecular weight is 505 g/mol. The van der Waals surface area contributed by atoms with E-state index in [2.05, 4.69) is 19.1 Å². The fourth-order valence-electron chi connectivity index (χ4n) is 4.91. The van der Waals surface area contributed by atoms with Gasteiger partial charge in [-0.2, -0.15) is 0 Å². The number of hydrogen-bond donors (Lipinski definition) is 2. The zero-order valence-corrected chi connectivity index (χ0v) is 22.4. The summed E-state index contributed by atoms with van der Waals surface area (Å²) in [6.45, 7) is 9.83. The molecule has 0 aliphatic carbocycles. The van der Waals surface area contributed by atoms with Crippen molar-refractivity contribution in [3.05, 3.63) is 35.9 Å². The molecule has 8 heteroatoms. The zero-order chi connectivity index (χ0) is 26.9. The molecule has 0 bridgehead atoms. The van der Waals surface area contributed by atoms with Crippen LogP contribution in [0.4, 0.5) is 0 Å². The number of benzene rings is 1. The fourth-order valence-corrected chi connectivity index (χ4v) is 4.91. The molecule has 0 aromatic heterocycles. The molecule has 2 saturated heterocycles. The molecule has 202 valence electrons. The highest BCUT2D eigenvalue weighted by molar-refractivity contribution is 6.39. The topological polar surface area (TPSA) is 119 Å². The third-order valence-electron chi connectivity index (χ3n) is 7.27. The maximum Gasteiger partial charge on any atom is 0.329 e. The molecule has 0 spiro atoms. The zero-order valence-electron chi connectivity index (χ0n) is 22.4. The molecule has 0 radical (unpaired) electrons. The Hall–Kier alpha value is -2.29. The third-order valence-corrected chi connectivity index (χ3v) is 7.27. The Morgan fingerprint density at radius 1 is 1.17 bits per heavy atom. The van der Waals surface area contributed by atoms with Gasteiger partial charge in [0.2, 0.25) is 5.79 Å². The maximum absolute atomic E-state index is 13.2. The van der Waals surface area contributed by atoms with Crippen LogP contribution in [0.5, 0.6) is 0 Å². The molecule has 2 fully saturated rings. The second kappa shape index (κ2) is 13.9. The summed E-state index contributed by atoms with van der Waals surface area (Å²) < 4.78 is 11.2. The van der Waals surface area contributed by atoms with Crippen LogP contribution in [-0.2, 0) is 30.3 Å². The molecule has 1 aromatic rings. The molecule has 0 saturated carbocycles. The van der Waals surface area contributed by atoms with Crippen molar-refractivity contribution < 1.29 is 29.0 Å². The van der Waals surface area contributed by atoms with E-state index in [0.29, 0.717) is 25.7 Å². The Morgan fingerprint density at radius 2 is 1.83 bits per heavy atom. The van der Waals surface area contributed by atoms with Gasteiger partial charge in [-0.1, -0.05) is 58.0 Å². The van der Waals surface area contributed by atoms with Crippen LogP contribution in [0.25, 0.3) is 0 Å². The molecule has 2 heterocycles. The first kappa shape index (κ1) is 29.9. The minimum absolute atomic E-state index is 0.124. The van der Waals surface area contributed by atoms with Gasteiger partial charge in [-0.15, -0.1) is 0 Å². The number of ketones is 1. The number of aliphatic hydroxyl groups is 1. The van der Waals surface area contributed by atoms with Gasteiger partial charge >= 0.3 is 5.97 Å². The van der Waals surface area contributed by atoms with Gasteiger partial charge < -0.3 is 25.2 Å². The van der Waals surface area contributed by atoms with Crippen molar-refractivity contribution in [1.29, 1.82) is 0 Å². The number of nitrogens with two attached hydrogens (primary N) is 1. The van der Waals surface area contributed by atoms with Gasteiger partial charge in [-0.05, 0) is 63.4 Å². The van der Waals surface area contributed by atoms with E-state index in [0.717, 1.165) is 19.3 Å². The number of nitrogens with zero attached hydrogens (tertiary/aromatic N) is 1. The van der Waals surface area contributed by atoms with Crippen molar-refractivity contribution in [3.63, 3.8) is 0 Å². The summed E-state index contributed by atoms with van der Waals surface area (Å²) in [4.78, 5) is 40.6. The standard InChI is InChI=1S/C26H38N2O6.C2H6/c1-4-20(16-19-10-6-5-7-11-19)18(3)33-25(31)21-12-8-9-15-28(21)24(30)23(29)26(32)17(2)13-14-22(27)34-26;1-2/h5-7,10-11,17-18,20-22,32H,4,8-9,12-16,27H2,1-3H3;1-2H3. The van der Waals surface area contributed by atoms with Crippen LogP contribution in [0.15, 0.2) is 30.3 Å². The largest absolute Gasteiger partial charge is 0.461 e. The molecular weight excluding hydrogens is 460 g/mol. The highest BCUT2D eigenvalue weighted by Gasteiger charge is 2.52. The summed E-state index contributed by atoms with van der Waals surface area (Å²) in [5.41, 5.74) is 6.95. The van der Waals surface area contributed by atoms with E-state index in [1.54, 1.807) is 6.92 Å². The highest BCUT2D eigenvalue weighted by atomic mass is 16.6. The fraction of sp³-hybridized carbons (Fsp3) is 0.679. The molecule has 3 N–H and O–H groups in total. The van der Waals surface area contributed by atoms with Crippen LogP contribution in [-0.4, -0.2) is 58.4 Å². The lowest BCUT2D eigenvalue weighted by Crippen LogP contribution is -2.61. The average Bonchev–Trinajstić information content (AvgIpc) is 2.90. The van der Waals surface area contributed by atoms with E-state index in [1.165, 1.54) is 10.5 Å². The SMILES string of the molecule is CC.CCC(Cc1ccccc1)C(C)OC(=O)C1CCCCN1C(=O)C(=O)C1(O)OC(N)CCC1C. The first-order chi connectivity index (χ1) is 17.2. The molecule has 2 aliphatic heterocycles. The number of carbonyl (C=O) groups excluding carboxylic acids is 3. The molecule has 6 unspecified atom stereocenters. The van der Waals surface area contributed by atoms with E-state index in [4.69, 9.17) is 15.2 Å². The molecule has 1 aromatic carbocycles. The monoisotopic (exact) mass is 504 g/mol. The van der Waals surface area contributed by atoms with E-state index in [1.807, 2.05) is 39.0 Å². The number of amides is 1. The first-order valence-corrected chi connectivity index (χ1v) is 13.4. The minimum Gasteiger partial charge on any atom is -0.461 e. The van der Waals surface area contributed by atoms with Gasteiger partial charge in [-0.3, -0.25) is 9.59 Å². The summed E-state index contributed by atoms with van der Waals surface area (Å²) in [7, 11) is 0. The predicted octanol–water partition coefficient (Wildman–Crippen LogP) is 3.58. The summed E-state index contributed by atoms with van der Waals surface area (Å²) >= 11 is 0. The lowest BCUT2D eigenvalue weighted by atomic mass is 9.88. The second-order valence-corrected chi connectivity index (χ2v) is 9.67. The van der Waals surface area contributed by atoms with Crippen molar-refractivity contribution in [2.24, 2.45) is 17.6 Å². The van der Waals surface area contributed by atoms with Gasteiger partial charge in [0.25, 0.3) is 11.7 Å². The van der Waals surface area contributed by atoms with Crippen LogP contribution in [0.2, 0.25) is 0 Å². The van der Waals surface area contributed by atoms with Crippen LogP contribution in [0, 0.1) is 11.8 Å². The Kier molecular flexibility index (Phi) is 11.5. The first-order valence-electron chi connectivity index (χ1n) is 13.4. The smallest absolute Gasteiger partial charge is 0.329 e. The Labute approximate surface area is 215 Å². The van der Waals surface area contributed by atoms with Crippen LogP contribution >= 0.6 is 0 Å². The summed E-state index contributed by atoms with van der Waals surface area (Å²) in [5, 5.41) is 10.9. The van der Waals surface area contributed by atoms with Gasteiger partial charge in [0.15, 0.2) is 0 Å². The lowest BCUT2D eigenvalue weighted by molar-refractivity contribution is -0.261. The van der Waals surface area contributed by atoms with E-state index in [9.17, 15) is 19.5 Å². The summed E-state index contributed by atoms with van der Waals surface area (Å²) in [6, 6.07) is 9.17. The molecule has 1 amide bonds. The number of likely N-dealkylation sites (tertiary alicyclic amines) is 1. The minimum atomic E-state index is -2.28. The van der Waals surface area contributed by atoms with Crippen LogP contribution in [0.1, 0.15) is 78.7 Å². The number of Topliss-reactive ketones (excluding diaryl/α,β-unsaturated/α-hetero) is 1. The number of ether oxygens (including phenoxy) is 2. The molecule has 2 aliphatic rings. The Bertz CT molecular complexity index is 863.